The average Bonchev–Trinajstić information content (AvgIpc) is 2.73. The van der Waals surface area contributed by atoms with Crippen molar-refractivity contribution in [1.29, 1.82) is 0 Å². The Balaban J connectivity index is 2.58. The molecule has 0 spiro atoms. The molecule has 0 aliphatic heterocycles. The van der Waals surface area contributed by atoms with Crippen molar-refractivity contribution >= 4 is 13.5 Å². The summed E-state index contributed by atoms with van der Waals surface area (Å²) < 4.78 is 15.6. The van der Waals surface area contributed by atoms with Gasteiger partial charge in [-0.2, -0.15) is 0 Å². The second-order valence-corrected chi connectivity index (χ2v) is 11.0. The molecule has 0 amide bonds. The van der Waals surface area contributed by atoms with Crippen LogP contribution in [0.25, 0.3) is 5.69 Å². The molecule has 0 aliphatic carbocycles. The van der Waals surface area contributed by atoms with E-state index in [-0.39, 0.29) is 16.1 Å². The fraction of sp³-hybridized carbons (Fsp3) is 0.471. The molecule has 2 rings (SSSR count). The summed E-state index contributed by atoms with van der Waals surface area (Å²) in [7, 11) is -0.525. The van der Waals surface area contributed by atoms with E-state index in [1.807, 2.05) is 23.0 Å². The van der Waals surface area contributed by atoms with Gasteiger partial charge in [-0.15, -0.1) is 0 Å². The average molecular weight is 306 g/mol. The minimum Gasteiger partial charge on any atom is -0.300 e. The lowest BCUT2D eigenvalue weighted by Gasteiger charge is -2.40. The molecule has 0 N–H and O–H groups in total. The zero-order valence-corrected chi connectivity index (χ0v) is 14.6. The van der Waals surface area contributed by atoms with Crippen molar-refractivity contribution < 1.29 is 4.39 Å². The molecular formula is C17H24FN2P. The van der Waals surface area contributed by atoms with Gasteiger partial charge in [0.15, 0.2) is 0 Å². The summed E-state index contributed by atoms with van der Waals surface area (Å²) in [6.45, 7) is 13.6. The lowest BCUT2D eigenvalue weighted by atomic mass is 10.2. The van der Waals surface area contributed by atoms with Crippen molar-refractivity contribution in [1.82, 2.24) is 9.55 Å². The highest BCUT2D eigenvalue weighted by molar-refractivity contribution is 7.68. The summed E-state index contributed by atoms with van der Waals surface area (Å²) in [5, 5.41) is 0.258. The summed E-state index contributed by atoms with van der Waals surface area (Å²) in [6.07, 6.45) is 3.74. The molecule has 114 valence electrons. The Bertz CT molecular complexity index is 606. The highest BCUT2D eigenvalue weighted by atomic mass is 31.1. The molecule has 2 nitrogen and oxygen atoms in total. The quantitative estimate of drug-likeness (QED) is 0.734. The number of nitrogens with zero attached hydrogens (tertiary/aromatic N) is 2. The maximum absolute atomic E-state index is 13.5. The molecule has 0 aliphatic rings. The number of halogens is 1. The van der Waals surface area contributed by atoms with Crippen LogP contribution >= 0.6 is 7.92 Å². The van der Waals surface area contributed by atoms with Gasteiger partial charge in [0.25, 0.3) is 0 Å². The molecule has 0 saturated heterocycles. The molecule has 0 radical (unpaired) electrons. The van der Waals surface area contributed by atoms with Crippen LogP contribution in [0.2, 0.25) is 0 Å². The first-order valence-corrected chi connectivity index (χ1v) is 8.54. The molecule has 21 heavy (non-hydrogen) atoms. The first-order chi connectivity index (χ1) is 9.60. The Morgan fingerprint density at radius 1 is 1.05 bits per heavy atom. The lowest BCUT2D eigenvalue weighted by molar-refractivity contribution is 0.626. The summed E-state index contributed by atoms with van der Waals surface area (Å²) in [5.41, 5.74) is 1.89. The van der Waals surface area contributed by atoms with Crippen molar-refractivity contribution in [3.63, 3.8) is 0 Å². The smallest absolute Gasteiger partial charge is 0.136 e. The molecule has 2 aromatic rings. The molecule has 4 heteroatoms. The summed E-state index contributed by atoms with van der Waals surface area (Å²) >= 11 is 0. The Morgan fingerprint density at radius 2 is 1.67 bits per heavy atom. The van der Waals surface area contributed by atoms with Crippen molar-refractivity contribution in [2.75, 3.05) is 0 Å². The fourth-order valence-electron chi connectivity index (χ4n) is 2.89. The van der Waals surface area contributed by atoms with Gasteiger partial charge in [0.1, 0.15) is 11.4 Å². The van der Waals surface area contributed by atoms with E-state index in [2.05, 4.69) is 46.5 Å². The van der Waals surface area contributed by atoms with Gasteiger partial charge in [-0.05, 0) is 36.4 Å². The van der Waals surface area contributed by atoms with E-state index in [0.717, 1.165) is 11.3 Å². The van der Waals surface area contributed by atoms with Crippen molar-refractivity contribution in [2.24, 2.45) is 0 Å². The molecule has 1 heterocycles. The molecule has 0 unspecified atom stereocenters. The van der Waals surface area contributed by atoms with E-state index in [1.165, 1.54) is 6.07 Å². The van der Waals surface area contributed by atoms with Crippen LogP contribution in [0.15, 0.2) is 36.7 Å². The fourth-order valence-corrected chi connectivity index (χ4v) is 6.69. The molecule has 0 atom stereocenters. The molecule has 1 aromatic carbocycles. The first-order valence-electron chi connectivity index (χ1n) is 7.20. The summed E-state index contributed by atoms with van der Waals surface area (Å²) in [4.78, 5) is 4.62. The number of hydrogen-bond acceptors (Lipinski definition) is 1. The zero-order chi connectivity index (χ0) is 15.8. The zero-order valence-electron chi connectivity index (χ0n) is 13.7. The van der Waals surface area contributed by atoms with Crippen molar-refractivity contribution in [3.05, 3.63) is 42.5 Å². The van der Waals surface area contributed by atoms with Crippen LogP contribution in [0.1, 0.15) is 41.5 Å². The lowest BCUT2D eigenvalue weighted by Crippen LogP contribution is -2.35. The third kappa shape index (κ3) is 3.52. The van der Waals surface area contributed by atoms with Crippen molar-refractivity contribution in [2.45, 2.75) is 51.9 Å². The minimum atomic E-state index is -0.525. The third-order valence-corrected chi connectivity index (χ3v) is 6.66. The summed E-state index contributed by atoms with van der Waals surface area (Å²) in [5.74, 6) is -0.219. The molecule has 0 bridgehead atoms. The van der Waals surface area contributed by atoms with Gasteiger partial charge in [0.2, 0.25) is 0 Å². The number of benzene rings is 1. The third-order valence-electron chi connectivity index (χ3n) is 3.25. The van der Waals surface area contributed by atoms with E-state index < -0.39 is 7.92 Å². The maximum Gasteiger partial charge on any atom is 0.136 e. The Hall–Kier alpha value is -1.21. The number of rotatable bonds is 2. The minimum absolute atomic E-state index is 0.129. The molecule has 0 saturated carbocycles. The molecule has 1 aromatic heterocycles. The van der Waals surface area contributed by atoms with Gasteiger partial charge in [-0.25, -0.2) is 9.37 Å². The second kappa shape index (κ2) is 5.53. The maximum atomic E-state index is 13.5. The second-order valence-electron chi connectivity index (χ2n) is 7.25. The Morgan fingerprint density at radius 3 is 2.19 bits per heavy atom. The highest BCUT2D eigenvalue weighted by Gasteiger charge is 2.38. The standard InChI is InChI=1S/C17H24FN2P/c1-16(2,3)21(17(4,5)6)15-19-10-11-20(15)14-9-7-8-13(18)12-14/h7-12H,1-6H3. The topological polar surface area (TPSA) is 17.8 Å². The Labute approximate surface area is 128 Å². The largest absolute Gasteiger partial charge is 0.300 e. The van der Waals surface area contributed by atoms with Crippen LogP contribution in [-0.2, 0) is 0 Å². The van der Waals surface area contributed by atoms with Crippen LogP contribution in [0.5, 0.6) is 0 Å². The predicted molar refractivity (Wildman–Crippen MR) is 89.6 cm³/mol. The van der Waals surface area contributed by atoms with Gasteiger partial charge < -0.3 is 4.57 Å². The monoisotopic (exact) mass is 306 g/mol. The van der Waals surface area contributed by atoms with Crippen LogP contribution in [0.3, 0.4) is 0 Å². The normalized spacial score (nSPS) is 13.0. The van der Waals surface area contributed by atoms with Gasteiger partial charge in [0, 0.05) is 18.1 Å². The predicted octanol–water partition coefficient (Wildman–Crippen LogP) is 4.72. The highest BCUT2D eigenvalue weighted by Crippen LogP contribution is 2.57. The van der Waals surface area contributed by atoms with Crippen LogP contribution in [0.4, 0.5) is 4.39 Å². The number of aromatic nitrogens is 2. The summed E-state index contributed by atoms with van der Waals surface area (Å²) in [6, 6.07) is 6.69. The van der Waals surface area contributed by atoms with Crippen molar-refractivity contribution in [3.8, 4) is 5.69 Å². The number of hydrogen-bond donors (Lipinski definition) is 0. The van der Waals surface area contributed by atoms with E-state index >= 15 is 0 Å². The van der Waals surface area contributed by atoms with E-state index in [0.29, 0.717) is 0 Å². The van der Waals surface area contributed by atoms with Crippen LogP contribution in [0, 0.1) is 5.82 Å². The van der Waals surface area contributed by atoms with Crippen LogP contribution in [-0.4, -0.2) is 19.9 Å². The van der Waals surface area contributed by atoms with Gasteiger partial charge >= 0.3 is 0 Å². The van der Waals surface area contributed by atoms with Crippen LogP contribution < -0.4 is 5.57 Å². The number of imidazole rings is 1. The molecular weight excluding hydrogens is 282 g/mol. The van der Waals surface area contributed by atoms with E-state index in [1.54, 1.807) is 12.1 Å². The first kappa shape index (κ1) is 16.2. The Kier molecular flexibility index (Phi) is 4.26. The van der Waals surface area contributed by atoms with E-state index in [9.17, 15) is 4.39 Å². The van der Waals surface area contributed by atoms with E-state index in [4.69, 9.17) is 0 Å². The van der Waals surface area contributed by atoms with Gasteiger partial charge in [0.05, 0.1) is 0 Å². The van der Waals surface area contributed by atoms with Gasteiger partial charge in [-0.1, -0.05) is 47.6 Å². The SMILES string of the molecule is CC(C)(C)P(c1nccn1-c1cccc(F)c1)C(C)(C)C. The van der Waals surface area contributed by atoms with Gasteiger partial charge in [-0.3, -0.25) is 0 Å². The molecule has 0 fully saturated rings.